The third kappa shape index (κ3) is 1.91. The zero-order valence-electron chi connectivity index (χ0n) is 13.2. The number of likely N-dealkylation sites (tertiary alicyclic amines) is 1. The molecule has 0 saturated carbocycles. The van der Waals surface area contributed by atoms with Gasteiger partial charge in [0.15, 0.2) is 12.2 Å². The Bertz CT molecular complexity index is 931. The zero-order valence-corrected chi connectivity index (χ0v) is 13.2. The molecule has 0 aromatic carbocycles. The predicted molar refractivity (Wildman–Crippen MR) is 84.6 cm³/mol. The van der Waals surface area contributed by atoms with Gasteiger partial charge in [-0.25, -0.2) is 9.97 Å². The van der Waals surface area contributed by atoms with Gasteiger partial charge in [-0.1, -0.05) is 0 Å². The summed E-state index contributed by atoms with van der Waals surface area (Å²) in [5, 5.41) is 0. The maximum Gasteiger partial charge on any atom is 0.272 e. The van der Waals surface area contributed by atoms with Gasteiger partial charge in [0.2, 0.25) is 0 Å². The van der Waals surface area contributed by atoms with Crippen molar-refractivity contribution in [2.24, 2.45) is 0 Å². The molecular weight excluding hydrogens is 308 g/mol. The van der Waals surface area contributed by atoms with Crippen molar-refractivity contribution in [3.63, 3.8) is 0 Å². The highest BCUT2D eigenvalue weighted by atomic mass is 16.5. The third-order valence-electron chi connectivity index (χ3n) is 4.82. The summed E-state index contributed by atoms with van der Waals surface area (Å²) in [4.78, 5) is 23.3. The van der Waals surface area contributed by atoms with E-state index < -0.39 is 0 Å². The fraction of sp³-hybridized carbons (Fsp3) is 0.353. The molecule has 2 aliphatic heterocycles. The summed E-state index contributed by atoms with van der Waals surface area (Å²) in [5.41, 5.74) is 3.12. The van der Waals surface area contributed by atoms with Crippen LogP contribution in [0.2, 0.25) is 0 Å². The number of rotatable bonds is 2. The smallest absolute Gasteiger partial charge is 0.272 e. The lowest BCUT2D eigenvalue weighted by atomic mass is 10.1. The topological polar surface area (TPSA) is 72.9 Å². The number of fused-ring (bicyclic) bond motifs is 3. The minimum Gasteiger partial charge on any atom is -0.443 e. The van der Waals surface area contributed by atoms with Gasteiger partial charge >= 0.3 is 0 Å². The summed E-state index contributed by atoms with van der Waals surface area (Å²) in [5.74, 6) is 0.648. The van der Waals surface area contributed by atoms with Gasteiger partial charge in [0.05, 0.1) is 36.7 Å². The van der Waals surface area contributed by atoms with Crippen LogP contribution in [0.5, 0.6) is 0 Å². The number of ether oxygens (including phenoxy) is 1. The van der Waals surface area contributed by atoms with E-state index in [9.17, 15) is 4.79 Å². The number of oxazole rings is 1. The molecular formula is C17H16N4O3. The van der Waals surface area contributed by atoms with Crippen LogP contribution in [0.1, 0.15) is 22.5 Å². The van der Waals surface area contributed by atoms with Crippen molar-refractivity contribution in [3.05, 3.63) is 42.3 Å². The number of carbonyl (C=O) groups excluding carboxylic acids is 1. The van der Waals surface area contributed by atoms with Gasteiger partial charge in [-0.2, -0.15) is 0 Å². The Kier molecular flexibility index (Phi) is 2.81. The maximum atomic E-state index is 13.0. The number of pyridine rings is 1. The molecule has 7 heteroatoms. The highest BCUT2D eigenvalue weighted by molar-refractivity contribution is 5.94. The van der Waals surface area contributed by atoms with Gasteiger partial charge in [0.25, 0.3) is 5.91 Å². The number of hydrogen-bond acceptors (Lipinski definition) is 5. The molecule has 7 nitrogen and oxygen atoms in total. The Morgan fingerprint density at radius 1 is 1.38 bits per heavy atom. The molecule has 2 aliphatic rings. The molecule has 0 unspecified atom stereocenters. The standard InChI is InChI=1S/C17H16N4O3/c1-10-2-13(15-5-18-9-24-15)16-19-4-14(21(16)6-10)17(22)20-7-12-3-11(20)8-23-12/h2,4-6,9,11-12H,3,7-8H2,1H3/t11-,12-/m0/s1. The van der Waals surface area contributed by atoms with E-state index in [1.54, 1.807) is 12.4 Å². The van der Waals surface area contributed by atoms with E-state index >= 15 is 0 Å². The normalized spacial score (nSPS) is 22.6. The molecule has 0 radical (unpaired) electrons. The van der Waals surface area contributed by atoms with E-state index in [0.29, 0.717) is 30.3 Å². The van der Waals surface area contributed by atoms with Crippen molar-refractivity contribution in [1.29, 1.82) is 0 Å². The molecule has 3 aromatic heterocycles. The molecule has 0 spiro atoms. The van der Waals surface area contributed by atoms with Crippen LogP contribution in [-0.4, -0.2) is 50.5 Å². The molecule has 1 amide bonds. The maximum absolute atomic E-state index is 13.0. The van der Waals surface area contributed by atoms with Crippen LogP contribution in [0.3, 0.4) is 0 Å². The van der Waals surface area contributed by atoms with Gasteiger partial charge in [-0.3, -0.25) is 9.20 Å². The minimum absolute atomic E-state index is 0.00687. The van der Waals surface area contributed by atoms with Crippen LogP contribution in [0.25, 0.3) is 17.0 Å². The summed E-state index contributed by atoms with van der Waals surface area (Å²) in [6.07, 6.45) is 7.74. The SMILES string of the molecule is Cc1cc(-c2cnco2)c2ncc(C(=O)N3C[C@@H]4C[C@H]3CO4)n2c1. The van der Waals surface area contributed by atoms with Gasteiger partial charge in [0.1, 0.15) is 11.3 Å². The van der Waals surface area contributed by atoms with Crippen molar-refractivity contribution in [3.8, 4) is 11.3 Å². The Hall–Kier alpha value is -2.67. The molecule has 24 heavy (non-hydrogen) atoms. The Labute approximate surface area is 137 Å². The van der Waals surface area contributed by atoms with E-state index in [-0.39, 0.29) is 18.1 Å². The second kappa shape index (κ2) is 4.91. The largest absolute Gasteiger partial charge is 0.443 e. The lowest BCUT2D eigenvalue weighted by Gasteiger charge is -2.26. The molecule has 2 fully saturated rings. The third-order valence-corrected chi connectivity index (χ3v) is 4.82. The molecule has 5 rings (SSSR count). The van der Waals surface area contributed by atoms with Gasteiger partial charge in [-0.15, -0.1) is 0 Å². The molecule has 2 saturated heterocycles. The average molecular weight is 324 g/mol. The average Bonchev–Trinajstić information content (AvgIpc) is 3.34. The second-order valence-electron chi connectivity index (χ2n) is 6.44. The van der Waals surface area contributed by atoms with Crippen LogP contribution in [-0.2, 0) is 4.74 Å². The van der Waals surface area contributed by atoms with Crippen molar-refractivity contribution in [1.82, 2.24) is 19.3 Å². The first-order valence-electron chi connectivity index (χ1n) is 8.00. The van der Waals surface area contributed by atoms with Gasteiger partial charge in [-0.05, 0) is 25.0 Å². The molecule has 2 bridgehead atoms. The molecule has 3 aromatic rings. The minimum atomic E-state index is 0.00687. The van der Waals surface area contributed by atoms with Crippen molar-refractivity contribution in [2.75, 3.05) is 13.2 Å². The fourth-order valence-corrected chi connectivity index (χ4v) is 3.71. The molecule has 0 N–H and O–H groups in total. The van der Waals surface area contributed by atoms with Crippen LogP contribution < -0.4 is 0 Å². The molecule has 122 valence electrons. The first-order chi connectivity index (χ1) is 11.7. The monoisotopic (exact) mass is 324 g/mol. The Balaban J connectivity index is 1.61. The van der Waals surface area contributed by atoms with E-state index in [1.807, 2.05) is 28.5 Å². The first-order valence-corrected chi connectivity index (χ1v) is 8.00. The number of hydrogen-bond donors (Lipinski definition) is 0. The summed E-state index contributed by atoms with van der Waals surface area (Å²) in [7, 11) is 0. The van der Waals surface area contributed by atoms with Crippen molar-refractivity contribution >= 4 is 11.6 Å². The lowest BCUT2D eigenvalue weighted by Crippen LogP contribution is -2.41. The van der Waals surface area contributed by atoms with E-state index in [1.165, 1.54) is 6.39 Å². The van der Waals surface area contributed by atoms with Crippen LogP contribution in [0.15, 0.2) is 35.5 Å². The van der Waals surface area contributed by atoms with Gasteiger partial charge < -0.3 is 14.1 Å². The second-order valence-corrected chi connectivity index (χ2v) is 6.44. The summed E-state index contributed by atoms with van der Waals surface area (Å²) < 4.78 is 12.9. The highest BCUT2D eigenvalue weighted by Gasteiger charge is 2.42. The lowest BCUT2D eigenvalue weighted by molar-refractivity contribution is 0.0255. The van der Waals surface area contributed by atoms with Gasteiger partial charge in [0, 0.05) is 12.7 Å². The zero-order chi connectivity index (χ0) is 16.3. The Morgan fingerprint density at radius 2 is 2.29 bits per heavy atom. The number of aromatic nitrogens is 3. The van der Waals surface area contributed by atoms with Crippen LogP contribution in [0.4, 0.5) is 0 Å². The first kappa shape index (κ1) is 13.7. The number of carbonyl (C=O) groups is 1. The number of amides is 1. The number of imidazole rings is 1. The van der Waals surface area contributed by atoms with Crippen molar-refractivity contribution in [2.45, 2.75) is 25.5 Å². The van der Waals surface area contributed by atoms with E-state index in [4.69, 9.17) is 9.15 Å². The molecule has 2 atom stereocenters. The molecule has 5 heterocycles. The predicted octanol–water partition coefficient (Wildman–Crippen LogP) is 1.91. The van der Waals surface area contributed by atoms with E-state index in [0.717, 1.165) is 17.5 Å². The van der Waals surface area contributed by atoms with Crippen LogP contribution in [0, 0.1) is 6.92 Å². The quantitative estimate of drug-likeness (QED) is 0.720. The summed E-state index contributed by atoms with van der Waals surface area (Å²) in [6, 6.07) is 2.18. The Morgan fingerprint density at radius 3 is 3.00 bits per heavy atom. The highest BCUT2D eigenvalue weighted by Crippen LogP contribution is 2.30. The molecule has 0 aliphatic carbocycles. The number of nitrogens with zero attached hydrogens (tertiary/aromatic N) is 4. The number of aryl methyl sites for hydroxylation is 1. The summed E-state index contributed by atoms with van der Waals surface area (Å²) in [6.45, 7) is 3.28. The van der Waals surface area contributed by atoms with E-state index in [2.05, 4.69) is 9.97 Å². The van der Waals surface area contributed by atoms with Crippen molar-refractivity contribution < 1.29 is 13.9 Å². The fourth-order valence-electron chi connectivity index (χ4n) is 3.71. The van der Waals surface area contributed by atoms with Crippen LogP contribution >= 0.6 is 0 Å². The summed E-state index contributed by atoms with van der Waals surface area (Å²) >= 11 is 0. The number of morpholine rings is 1.